The molecule has 0 heterocycles. The Hall–Kier alpha value is -3.03. The van der Waals surface area contributed by atoms with Crippen LogP contribution in [-0.4, -0.2) is 52.4 Å². The third-order valence-electron chi connectivity index (χ3n) is 9.08. The van der Waals surface area contributed by atoms with Crippen molar-refractivity contribution in [2.24, 2.45) is 22.7 Å². The van der Waals surface area contributed by atoms with Gasteiger partial charge in [0.15, 0.2) is 11.9 Å². The van der Waals surface area contributed by atoms with E-state index in [1.807, 2.05) is 51.1 Å². The molecule has 7 heteroatoms. The molecule has 2 fully saturated rings. The summed E-state index contributed by atoms with van der Waals surface area (Å²) in [6.07, 6.45) is -0.0437. The van der Waals surface area contributed by atoms with Crippen molar-refractivity contribution in [3.8, 4) is 0 Å². The van der Waals surface area contributed by atoms with E-state index in [1.54, 1.807) is 13.0 Å². The summed E-state index contributed by atoms with van der Waals surface area (Å²) in [6, 6.07) is 9.38. The maximum absolute atomic E-state index is 13.1. The smallest absolute Gasteiger partial charge is 0.331 e. The molecule has 7 atom stereocenters. The van der Waals surface area contributed by atoms with Gasteiger partial charge >= 0.3 is 11.9 Å². The SMILES string of the molecule is C=C1C(OC(=O)C=Cc2ccccc2)CCC2(C)C(O)C(OC(C)=O)C3=C(C)C(=O)CC(C(O)C12)C3(C)C. The normalized spacial score (nSPS) is 34.8. The number of esters is 2. The molecule has 2 N–H and O–H groups in total. The highest BCUT2D eigenvalue weighted by Gasteiger charge is 2.61. The monoisotopic (exact) mass is 522 g/mol. The van der Waals surface area contributed by atoms with Gasteiger partial charge in [0.1, 0.15) is 12.2 Å². The second kappa shape index (κ2) is 10.3. The van der Waals surface area contributed by atoms with Crippen LogP contribution in [-0.2, 0) is 23.9 Å². The predicted molar refractivity (Wildman–Crippen MR) is 142 cm³/mol. The Bertz CT molecular complexity index is 1190. The Kier molecular flexibility index (Phi) is 7.56. The van der Waals surface area contributed by atoms with Crippen LogP contribution in [0.2, 0.25) is 0 Å². The Balaban J connectivity index is 1.70. The van der Waals surface area contributed by atoms with Gasteiger partial charge in [-0.3, -0.25) is 9.59 Å². The first kappa shape index (κ1) is 28.0. The highest BCUT2D eigenvalue weighted by molar-refractivity contribution is 5.97. The van der Waals surface area contributed by atoms with Crippen LogP contribution in [0.1, 0.15) is 59.4 Å². The van der Waals surface area contributed by atoms with Crippen molar-refractivity contribution in [2.75, 3.05) is 0 Å². The van der Waals surface area contributed by atoms with Crippen LogP contribution in [0.3, 0.4) is 0 Å². The van der Waals surface area contributed by atoms with Crippen LogP contribution < -0.4 is 0 Å². The van der Waals surface area contributed by atoms with Crippen molar-refractivity contribution >= 4 is 23.8 Å². The number of hydrogen-bond donors (Lipinski definition) is 2. The second-order valence-corrected chi connectivity index (χ2v) is 11.7. The Labute approximate surface area is 224 Å². The average molecular weight is 523 g/mol. The lowest BCUT2D eigenvalue weighted by atomic mass is 9.49. The molecule has 0 amide bonds. The van der Waals surface area contributed by atoms with Gasteiger partial charge in [0.05, 0.1) is 6.10 Å². The van der Waals surface area contributed by atoms with Gasteiger partial charge in [-0.1, -0.05) is 57.7 Å². The van der Waals surface area contributed by atoms with Gasteiger partial charge in [-0.05, 0) is 53.5 Å². The van der Waals surface area contributed by atoms with Gasteiger partial charge in [-0.2, -0.15) is 0 Å². The number of carbonyl (C=O) groups excluding carboxylic acids is 3. The number of fused-ring (bicyclic) bond motifs is 3. The molecule has 0 radical (unpaired) electrons. The number of hydrogen-bond acceptors (Lipinski definition) is 7. The first-order chi connectivity index (χ1) is 17.8. The van der Waals surface area contributed by atoms with Crippen molar-refractivity contribution in [3.63, 3.8) is 0 Å². The van der Waals surface area contributed by atoms with Crippen molar-refractivity contribution in [2.45, 2.75) is 78.3 Å². The minimum absolute atomic E-state index is 0.122. The van der Waals surface area contributed by atoms with Crippen LogP contribution >= 0.6 is 0 Å². The molecule has 204 valence electrons. The third-order valence-corrected chi connectivity index (χ3v) is 9.08. The highest BCUT2D eigenvalue weighted by Crippen LogP contribution is 2.59. The molecule has 3 aliphatic rings. The topological polar surface area (TPSA) is 110 Å². The van der Waals surface area contributed by atoms with E-state index in [1.165, 1.54) is 13.0 Å². The average Bonchev–Trinajstić information content (AvgIpc) is 2.85. The fourth-order valence-electron chi connectivity index (χ4n) is 7.00. The number of benzene rings is 1. The zero-order chi connectivity index (χ0) is 28.0. The Morgan fingerprint density at radius 2 is 1.76 bits per heavy atom. The van der Waals surface area contributed by atoms with Crippen LogP contribution in [0.4, 0.5) is 0 Å². The van der Waals surface area contributed by atoms with E-state index in [9.17, 15) is 24.6 Å². The molecule has 1 aromatic rings. The lowest BCUT2D eigenvalue weighted by molar-refractivity contribution is -0.179. The fourth-order valence-corrected chi connectivity index (χ4v) is 7.00. The summed E-state index contributed by atoms with van der Waals surface area (Å²) >= 11 is 0. The first-order valence-corrected chi connectivity index (χ1v) is 13.2. The third kappa shape index (κ3) is 4.78. The van der Waals surface area contributed by atoms with Gasteiger partial charge in [-0.25, -0.2) is 4.79 Å². The minimum atomic E-state index is -1.21. The van der Waals surface area contributed by atoms with E-state index in [-0.39, 0.29) is 12.2 Å². The largest absolute Gasteiger partial charge is 0.455 e. The maximum atomic E-state index is 13.1. The number of Topliss-reactive ketones (excluding diaryl/α,β-unsaturated/α-hetero) is 1. The van der Waals surface area contributed by atoms with Crippen molar-refractivity contribution in [1.82, 2.24) is 0 Å². The van der Waals surface area contributed by atoms with Gasteiger partial charge in [0.25, 0.3) is 0 Å². The number of ketones is 1. The highest BCUT2D eigenvalue weighted by atomic mass is 16.6. The number of aliphatic hydroxyl groups is 2. The molecule has 7 unspecified atom stereocenters. The van der Waals surface area contributed by atoms with Crippen LogP contribution in [0.25, 0.3) is 6.08 Å². The molecule has 0 saturated heterocycles. The number of rotatable bonds is 4. The van der Waals surface area contributed by atoms with Crippen LogP contribution in [0, 0.1) is 22.7 Å². The second-order valence-electron chi connectivity index (χ2n) is 11.7. The molecule has 4 rings (SSSR count). The molecule has 0 aromatic heterocycles. The van der Waals surface area contributed by atoms with Gasteiger partial charge < -0.3 is 19.7 Å². The van der Waals surface area contributed by atoms with E-state index < -0.39 is 59.0 Å². The molecule has 3 aliphatic carbocycles. The molecular formula is C31H38O7. The fraction of sp³-hybridized carbons (Fsp3) is 0.516. The van der Waals surface area contributed by atoms with Gasteiger partial charge in [-0.15, -0.1) is 0 Å². The summed E-state index contributed by atoms with van der Waals surface area (Å²) < 4.78 is 11.5. The summed E-state index contributed by atoms with van der Waals surface area (Å²) in [7, 11) is 0. The lowest BCUT2D eigenvalue weighted by Gasteiger charge is -2.58. The van der Waals surface area contributed by atoms with Gasteiger partial charge in [0, 0.05) is 36.7 Å². The molecule has 0 aliphatic heterocycles. The first-order valence-electron chi connectivity index (χ1n) is 13.2. The van der Waals surface area contributed by atoms with Gasteiger partial charge in [0.2, 0.25) is 0 Å². The number of ether oxygens (including phenoxy) is 2. The summed E-state index contributed by atoms with van der Waals surface area (Å²) in [5.41, 5.74) is 0.689. The number of aliphatic hydroxyl groups excluding tert-OH is 2. The lowest BCUT2D eigenvalue weighted by Crippen LogP contribution is -2.62. The zero-order valence-corrected chi connectivity index (χ0v) is 22.8. The van der Waals surface area contributed by atoms with Crippen molar-refractivity contribution in [3.05, 3.63) is 65.3 Å². The molecule has 38 heavy (non-hydrogen) atoms. The minimum Gasteiger partial charge on any atom is -0.455 e. The zero-order valence-electron chi connectivity index (χ0n) is 22.8. The maximum Gasteiger partial charge on any atom is 0.331 e. The quantitative estimate of drug-likeness (QED) is 0.347. The summed E-state index contributed by atoms with van der Waals surface area (Å²) in [4.78, 5) is 37.9. The van der Waals surface area contributed by atoms with E-state index in [2.05, 4.69) is 6.58 Å². The van der Waals surface area contributed by atoms with Crippen LogP contribution in [0.15, 0.2) is 59.7 Å². The molecule has 7 nitrogen and oxygen atoms in total. The molecular weight excluding hydrogens is 484 g/mol. The predicted octanol–water partition coefficient (Wildman–Crippen LogP) is 4.18. The van der Waals surface area contributed by atoms with E-state index in [4.69, 9.17) is 9.47 Å². The van der Waals surface area contributed by atoms with Crippen molar-refractivity contribution in [1.29, 1.82) is 0 Å². The van der Waals surface area contributed by atoms with E-state index in [0.29, 0.717) is 29.6 Å². The summed E-state index contributed by atoms with van der Waals surface area (Å²) in [6.45, 7) is 12.9. The van der Waals surface area contributed by atoms with Crippen molar-refractivity contribution < 1.29 is 34.1 Å². The number of carbonyl (C=O) groups is 3. The summed E-state index contributed by atoms with van der Waals surface area (Å²) in [5.74, 6) is -2.44. The Morgan fingerprint density at radius 3 is 2.39 bits per heavy atom. The summed E-state index contributed by atoms with van der Waals surface area (Å²) in [5, 5.41) is 23.7. The number of allylic oxidation sites excluding steroid dienone is 1. The van der Waals surface area contributed by atoms with E-state index >= 15 is 0 Å². The molecule has 1 aromatic carbocycles. The van der Waals surface area contributed by atoms with E-state index in [0.717, 1.165) is 5.56 Å². The molecule has 2 bridgehead atoms. The van der Waals surface area contributed by atoms with Crippen LogP contribution in [0.5, 0.6) is 0 Å². The molecule has 0 spiro atoms. The molecule has 2 saturated carbocycles. The Morgan fingerprint density at radius 1 is 1.11 bits per heavy atom. The standard InChI is InChI=1S/C31H38O7/c1-17-22(33)16-21-27(35)25-18(2)23(38-24(34)13-12-20-10-8-7-9-11-20)14-15-31(25,6)29(36)28(37-19(3)32)26(17)30(21,4)5/h7-13,21,23,25,27-29,35-36H,2,14-16H2,1,3-6H3.